The van der Waals surface area contributed by atoms with Crippen molar-refractivity contribution in [2.75, 3.05) is 25.0 Å². The lowest BCUT2D eigenvalue weighted by Crippen LogP contribution is -2.44. The van der Waals surface area contributed by atoms with E-state index in [0.29, 0.717) is 41.4 Å². The first-order valence-corrected chi connectivity index (χ1v) is 9.12. The van der Waals surface area contributed by atoms with E-state index in [-0.39, 0.29) is 41.7 Å². The van der Waals surface area contributed by atoms with Crippen LogP contribution in [0.2, 0.25) is 0 Å². The number of halogens is 4. The quantitative estimate of drug-likeness (QED) is 0.346. The van der Waals surface area contributed by atoms with Crippen molar-refractivity contribution < 1.29 is 8.78 Å². The average Bonchev–Trinajstić information content (AvgIpc) is 3.08. The Bertz CT molecular complexity index is 805. The van der Waals surface area contributed by atoms with Crippen LogP contribution in [0.3, 0.4) is 0 Å². The molecule has 2 N–H and O–H groups in total. The number of nitrogens with one attached hydrogen (secondary N) is 2. The maximum atomic E-state index is 13.9. The molecule has 0 aliphatic carbocycles. The molecule has 1 saturated heterocycles. The summed E-state index contributed by atoms with van der Waals surface area (Å²) >= 11 is 3.25. The number of aromatic nitrogens is 1. The number of benzene rings is 1. The van der Waals surface area contributed by atoms with Crippen LogP contribution in [0.5, 0.6) is 0 Å². The summed E-state index contributed by atoms with van der Waals surface area (Å²) in [5.74, 6) is 0.360. The predicted octanol–water partition coefficient (Wildman–Crippen LogP) is 3.68. The molecule has 1 atom stereocenters. The van der Waals surface area contributed by atoms with Crippen LogP contribution in [0.15, 0.2) is 46.0 Å². The Morgan fingerprint density at radius 1 is 1.33 bits per heavy atom. The van der Waals surface area contributed by atoms with Crippen molar-refractivity contribution in [1.29, 1.82) is 0 Å². The maximum Gasteiger partial charge on any atom is 0.191 e. The van der Waals surface area contributed by atoms with Crippen molar-refractivity contribution in [2.24, 2.45) is 4.99 Å². The SMILES string of the molecule is CN=C(NCc1ccc(Br)cc1F)NC1CCN(c2ncccc2F)C1.I. The monoisotopic (exact) mass is 551 g/mol. The van der Waals surface area contributed by atoms with Gasteiger partial charge in [-0.3, -0.25) is 4.99 Å². The number of hydrogen-bond acceptors (Lipinski definition) is 3. The molecule has 1 aromatic heterocycles. The molecule has 3 rings (SSSR count). The number of pyridine rings is 1. The Labute approximate surface area is 182 Å². The fourth-order valence-electron chi connectivity index (χ4n) is 2.91. The van der Waals surface area contributed by atoms with Gasteiger partial charge in [-0.05, 0) is 30.7 Å². The van der Waals surface area contributed by atoms with E-state index in [1.165, 1.54) is 12.1 Å². The number of rotatable bonds is 4. The predicted molar refractivity (Wildman–Crippen MR) is 118 cm³/mol. The van der Waals surface area contributed by atoms with Gasteiger partial charge in [0.05, 0.1) is 0 Å². The van der Waals surface area contributed by atoms with Gasteiger partial charge in [-0.1, -0.05) is 22.0 Å². The zero-order valence-corrected chi connectivity index (χ0v) is 18.7. The molecule has 1 aromatic carbocycles. The van der Waals surface area contributed by atoms with Gasteiger partial charge in [-0.25, -0.2) is 13.8 Å². The number of guanidine groups is 1. The largest absolute Gasteiger partial charge is 0.352 e. The zero-order chi connectivity index (χ0) is 18.5. The number of nitrogens with zero attached hydrogens (tertiary/aromatic N) is 3. The highest BCUT2D eigenvalue weighted by atomic mass is 127. The molecule has 0 amide bonds. The molecule has 5 nitrogen and oxygen atoms in total. The number of aliphatic imine (C=N–C) groups is 1. The molecule has 0 radical (unpaired) electrons. The Balaban J connectivity index is 0.00000261. The van der Waals surface area contributed by atoms with Crippen LogP contribution in [-0.4, -0.2) is 37.1 Å². The first kappa shape index (κ1) is 21.8. The molecule has 1 fully saturated rings. The van der Waals surface area contributed by atoms with Crippen LogP contribution >= 0.6 is 39.9 Å². The standard InChI is InChI=1S/C18H20BrF2N5.HI/c1-22-18(24-10-12-4-5-13(19)9-16(12)21)25-14-6-8-26(11-14)17-15(20)3-2-7-23-17;/h2-5,7,9,14H,6,8,10-11H2,1H3,(H2,22,24,25);1H. The average molecular weight is 552 g/mol. The van der Waals surface area contributed by atoms with E-state index in [9.17, 15) is 8.78 Å². The molecule has 9 heteroatoms. The molecule has 27 heavy (non-hydrogen) atoms. The summed E-state index contributed by atoms with van der Waals surface area (Å²) in [6.45, 7) is 1.66. The second-order valence-corrected chi connectivity index (χ2v) is 6.96. The second kappa shape index (κ2) is 10.2. The number of hydrogen-bond donors (Lipinski definition) is 2. The Kier molecular flexibility index (Phi) is 8.21. The molecule has 2 aromatic rings. The van der Waals surface area contributed by atoms with Gasteiger partial charge in [0.2, 0.25) is 0 Å². The molecule has 146 valence electrons. The van der Waals surface area contributed by atoms with Gasteiger partial charge in [0.15, 0.2) is 17.6 Å². The summed E-state index contributed by atoms with van der Waals surface area (Å²) < 4.78 is 28.5. The van der Waals surface area contributed by atoms with Crippen LogP contribution < -0.4 is 15.5 Å². The van der Waals surface area contributed by atoms with Crippen molar-refractivity contribution >= 4 is 51.7 Å². The molecule has 0 spiro atoms. The van der Waals surface area contributed by atoms with Crippen molar-refractivity contribution in [2.45, 2.75) is 19.0 Å². The fraction of sp³-hybridized carbons (Fsp3) is 0.333. The van der Waals surface area contributed by atoms with E-state index >= 15 is 0 Å². The maximum absolute atomic E-state index is 13.9. The minimum atomic E-state index is -0.318. The first-order chi connectivity index (χ1) is 12.6. The van der Waals surface area contributed by atoms with Crippen molar-refractivity contribution in [3.63, 3.8) is 0 Å². The van der Waals surface area contributed by atoms with Crippen molar-refractivity contribution in [1.82, 2.24) is 15.6 Å². The Hall–Kier alpha value is -1.49. The highest BCUT2D eigenvalue weighted by Crippen LogP contribution is 2.20. The topological polar surface area (TPSA) is 52.6 Å². The summed E-state index contributed by atoms with van der Waals surface area (Å²) in [5.41, 5.74) is 0.555. The van der Waals surface area contributed by atoms with Gasteiger partial charge in [-0.2, -0.15) is 0 Å². The highest BCUT2D eigenvalue weighted by Gasteiger charge is 2.25. The third-order valence-corrected chi connectivity index (χ3v) is 4.75. The second-order valence-electron chi connectivity index (χ2n) is 6.05. The van der Waals surface area contributed by atoms with E-state index in [4.69, 9.17) is 0 Å². The summed E-state index contributed by atoms with van der Waals surface area (Å²) in [6, 6.07) is 8.06. The Morgan fingerprint density at radius 2 is 2.15 bits per heavy atom. The van der Waals surface area contributed by atoms with Gasteiger partial charge < -0.3 is 15.5 Å². The smallest absolute Gasteiger partial charge is 0.191 e. The molecule has 1 unspecified atom stereocenters. The summed E-state index contributed by atoms with van der Waals surface area (Å²) in [5, 5.41) is 6.42. The van der Waals surface area contributed by atoms with Crippen LogP contribution in [-0.2, 0) is 6.54 Å². The first-order valence-electron chi connectivity index (χ1n) is 8.33. The van der Waals surface area contributed by atoms with E-state index in [2.05, 4.69) is 36.5 Å². The van der Waals surface area contributed by atoms with Crippen LogP contribution in [0, 0.1) is 11.6 Å². The van der Waals surface area contributed by atoms with E-state index in [0.717, 1.165) is 6.42 Å². The van der Waals surface area contributed by atoms with Crippen LogP contribution in [0.1, 0.15) is 12.0 Å². The molecule has 0 bridgehead atoms. The normalized spacial score (nSPS) is 16.8. The lowest BCUT2D eigenvalue weighted by atomic mass is 10.2. The fourth-order valence-corrected chi connectivity index (χ4v) is 3.25. The third kappa shape index (κ3) is 5.74. The summed E-state index contributed by atoms with van der Waals surface area (Å²) in [6.07, 6.45) is 2.43. The van der Waals surface area contributed by atoms with E-state index in [1.54, 1.807) is 31.4 Å². The summed E-state index contributed by atoms with van der Waals surface area (Å²) in [4.78, 5) is 10.2. The molecular weight excluding hydrogens is 531 g/mol. The number of anilines is 1. The highest BCUT2D eigenvalue weighted by molar-refractivity contribution is 14.0. The lowest BCUT2D eigenvalue weighted by Gasteiger charge is -2.20. The van der Waals surface area contributed by atoms with Crippen LogP contribution in [0.4, 0.5) is 14.6 Å². The minimum Gasteiger partial charge on any atom is -0.352 e. The van der Waals surface area contributed by atoms with Crippen LogP contribution in [0.25, 0.3) is 0 Å². The van der Waals surface area contributed by atoms with E-state index < -0.39 is 0 Å². The molecule has 2 heterocycles. The molecular formula is C18H21BrF2IN5. The van der Waals surface area contributed by atoms with Gasteiger partial charge >= 0.3 is 0 Å². The Morgan fingerprint density at radius 3 is 2.85 bits per heavy atom. The lowest BCUT2D eigenvalue weighted by molar-refractivity contribution is 0.599. The van der Waals surface area contributed by atoms with E-state index in [1.807, 2.05) is 4.90 Å². The van der Waals surface area contributed by atoms with Crippen molar-refractivity contribution in [3.05, 3.63) is 58.2 Å². The van der Waals surface area contributed by atoms with Gasteiger partial charge in [0, 0.05) is 49.0 Å². The zero-order valence-electron chi connectivity index (χ0n) is 14.8. The van der Waals surface area contributed by atoms with Crippen molar-refractivity contribution in [3.8, 4) is 0 Å². The van der Waals surface area contributed by atoms with Gasteiger partial charge in [0.25, 0.3) is 0 Å². The third-order valence-electron chi connectivity index (χ3n) is 4.25. The molecule has 1 aliphatic rings. The summed E-state index contributed by atoms with van der Waals surface area (Å²) in [7, 11) is 1.67. The minimum absolute atomic E-state index is 0. The molecule has 1 aliphatic heterocycles. The van der Waals surface area contributed by atoms with Gasteiger partial charge in [0.1, 0.15) is 5.82 Å². The van der Waals surface area contributed by atoms with Gasteiger partial charge in [-0.15, -0.1) is 24.0 Å². The molecule has 0 saturated carbocycles.